The molecule has 0 spiro atoms. The molecule has 0 aromatic rings. The molecule has 16 heavy (non-hydrogen) atoms. The van der Waals surface area contributed by atoms with Crippen molar-refractivity contribution >= 4 is 35.3 Å². The monoisotopic (exact) mass is 278 g/mol. The predicted molar refractivity (Wildman–Crippen MR) is 79.0 cm³/mol. The molecule has 0 aromatic heterocycles. The normalized spacial score (nSPS) is 29.1. The van der Waals surface area contributed by atoms with Gasteiger partial charge in [-0.3, -0.25) is 0 Å². The van der Waals surface area contributed by atoms with Crippen LogP contribution in [0.1, 0.15) is 19.8 Å². The maximum absolute atomic E-state index is 5.21. The van der Waals surface area contributed by atoms with Crippen molar-refractivity contribution in [3.8, 4) is 0 Å². The van der Waals surface area contributed by atoms with E-state index in [4.69, 9.17) is 4.74 Å². The number of hydrogen-bond donors (Lipinski definition) is 0. The number of rotatable bonds is 10. The van der Waals surface area contributed by atoms with E-state index in [1.807, 2.05) is 0 Å². The third kappa shape index (κ3) is 6.67. The number of thioether (sulfide) groups is 3. The summed E-state index contributed by atoms with van der Waals surface area (Å²) in [7, 11) is 0. The summed E-state index contributed by atoms with van der Waals surface area (Å²) in [5, 5.41) is 1.01. The second-order valence-corrected chi connectivity index (χ2v) is 8.33. The van der Waals surface area contributed by atoms with Gasteiger partial charge in [0.2, 0.25) is 0 Å². The van der Waals surface area contributed by atoms with Crippen LogP contribution >= 0.6 is 35.3 Å². The van der Waals surface area contributed by atoms with Crippen LogP contribution in [0.5, 0.6) is 0 Å². The first-order valence-corrected chi connectivity index (χ1v) is 9.59. The van der Waals surface area contributed by atoms with Crippen LogP contribution in [0.25, 0.3) is 0 Å². The van der Waals surface area contributed by atoms with Gasteiger partial charge >= 0.3 is 0 Å². The fourth-order valence-electron chi connectivity index (χ4n) is 1.56. The third-order valence-electron chi connectivity index (χ3n) is 2.80. The van der Waals surface area contributed by atoms with E-state index in [-0.39, 0.29) is 0 Å². The van der Waals surface area contributed by atoms with E-state index in [0.717, 1.165) is 17.8 Å². The number of epoxide rings is 1. The van der Waals surface area contributed by atoms with Crippen LogP contribution in [-0.2, 0) is 4.74 Å². The van der Waals surface area contributed by atoms with Gasteiger partial charge in [-0.25, -0.2) is 0 Å². The first-order valence-electron chi connectivity index (χ1n) is 6.23. The van der Waals surface area contributed by atoms with E-state index in [1.54, 1.807) is 0 Å². The molecule has 3 unspecified atom stereocenters. The molecule has 2 aliphatic heterocycles. The topological polar surface area (TPSA) is 12.5 Å². The minimum atomic E-state index is 0.601. The summed E-state index contributed by atoms with van der Waals surface area (Å²) in [5.41, 5.74) is 0. The van der Waals surface area contributed by atoms with Crippen molar-refractivity contribution in [2.75, 3.05) is 35.4 Å². The van der Waals surface area contributed by atoms with Gasteiger partial charge in [0, 0.05) is 22.5 Å². The Morgan fingerprint density at radius 2 is 2.19 bits per heavy atom. The van der Waals surface area contributed by atoms with Gasteiger partial charge in [-0.05, 0) is 30.3 Å². The smallest absolute Gasteiger partial charge is 0.0900 e. The van der Waals surface area contributed by atoms with Crippen LogP contribution in [0.15, 0.2) is 0 Å². The van der Waals surface area contributed by atoms with Gasteiger partial charge in [-0.2, -0.15) is 35.3 Å². The summed E-state index contributed by atoms with van der Waals surface area (Å²) < 4.78 is 5.21. The van der Waals surface area contributed by atoms with Gasteiger partial charge in [0.1, 0.15) is 0 Å². The van der Waals surface area contributed by atoms with Crippen molar-refractivity contribution in [2.45, 2.75) is 31.1 Å². The highest BCUT2D eigenvalue weighted by molar-refractivity contribution is 8.08. The van der Waals surface area contributed by atoms with Gasteiger partial charge in [-0.1, -0.05) is 6.92 Å². The van der Waals surface area contributed by atoms with Crippen molar-refractivity contribution in [2.24, 2.45) is 5.92 Å². The molecule has 3 atom stereocenters. The van der Waals surface area contributed by atoms with Crippen molar-refractivity contribution < 1.29 is 4.74 Å². The summed E-state index contributed by atoms with van der Waals surface area (Å²) in [6.45, 7) is 3.40. The van der Waals surface area contributed by atoms with E-state index < -0.39 is 0 Å². The molecule has 4 heteroatoms. The zero-order chi connectivity index (χ0) is 11.2. The molecule has 0 saturated carbocycles. The van der Waals surface area contributed by atoms with Crippen molar-refractivity contribution in [1.82, 2.24) is 0 Å². The Hall–Kier alpha value is 1.01. The molecule has 2 aliphatic rings. The SMILES string of the molecule is CC(CCCSCC1CS1)CSCC1CO1. The molecule has 2 heterocycles. The lowest BCUT2D eigenvalue weighted by molar-refractivity contribution is 0.426. The minimum Gasteiger partial charge on any atom is -0.372 e. The van der Waals surface area contributed by atoms with Gasteiger partial charge in [-0.15, -0.1) is 0 Å². The van der Waals surface area contributed by atoms with Crippen LogP contribution in [0.3, 0.4) is 0 Å². The number of hydrogen-bond acceptors (Lipinski definition) is 4. The zero-order valence-corrected chi connectivity index (χ0v) is 12.5. The second kappa shape index (κ2) is 7.45. The second-order valence-electron chi connectivity index (χ2n) is 4.77. The van der Waals surface area contributed by atoms with Crippen molar-refractivity contribution in [3.63, 3.8) is 0 Å². The fourth-order valence-corrected chi connectivity index (χ4v) is 4.72. The Balaban J connectivity index is 1.33. The molecule has 1 nitrogen and oxygen atoms in total. The van der Waals surface area contributed by atoms with E-state index >= 15 is 0 Å². The van der Waals surface area contributed by atoms with Gasteiger partial charge in [0.05, 0.1) is 12.7 Å². The van der Waals surface area contributed by atoms with Crippen LogP contribution < -0.4 is 0 Å². The summed E-state index contributed by atoms with van der Waals surface area (Å²) >= 11 is 6.35. The minimum absolute atomic E-state index is 0.601. The molecular weight excluding hydrogens is 256 g/mol. The van der Waals surface area contributed by atoms with E-state index in [1.165, 1.54) is 41.6 Å². The Morgan fingerprint density at radius 3 is 2.88 bits per heavy atom. The zero-order valence-electron chi connectivity index (χ0n) is 10.0. The third-order valence-corrected chi connectivity index (χ3v) is 6.61. The molecule has 94 valence electrons. The molecule has 2 fully saturated rings. The Morgan fingerprint density at radius 1 is 1.38 bits per heavy atom. The van der Waals surface area contributed by atoms with Crippen LogP contribution in [0.2, 0.25) is 0 Å². The number of ether oxygens (including phenoxy) is 1. The average molecular weight is 279 g/mol. The summed E-state index contributed by atoms with van der Waals surface area (Å²) in [6.07, 6.45) is 3.41. The van der Waals surface area contributed by atoms with Crippen LogP contribution in [-0.4, -0.2) is 46.7 Å². The highest BCUT2D eigenvalue weighted by atomic mass is 32.2. The Kier molecular flexibility index (Phi) is 6.26. The van der Waals surface area contributed by atoms with Crippen molar-refractivity contribution in [3.05, 3.63) is 0 Å². The quantitative estimate of drug-likeness (QED) is 0.448. The maximum atomic E-state index is 5.21. The predicted octanol–water partition coefficient (Wildman–Crippen LogP) is 3.38. The highest BCUT2D eigenvalue weighted by Gasteiger charge is 2.22. The van der Waals surface area contributed by atoms with Crippen molar-refractivity contribution in [1.29, 1.82) is 0 Å². The molecule has 0 aliphatic carbocycles. The molecule has 0 bridgehead atoms. The lowest BCUT2D eigenvalue weighted by Crippen LogP contribution is -2.02. The Labute approximate surface area is 112 Å². The lowest BCUT2D eigenvalue weighted by atomic mass is 10.1. The molecule has 0 radical (unpaired) electrons. The summed E-state index contributed by atoms with van der Waals surface area (Å²) in [4.78, 5) is 0. The first kappa shape index (κ1) is 13.4. The molecule has 0 amide bonds. The van der Waals surface area contributed by atoms with Gasteiger partial charge < -0.3 is 4.74 Å². The molecular formula is C12H22OS3. The van der Waals surface area contributed by atoms with E-state index in [0.29, 0.717) is 6.10 Å². The molecule has 2 saturated heterocycles. The molecule has 0 aromatic carbocycles. The van der Waals surface area contributed by atoms with Crippen LogP contribution in [0, 0.1) is 5.92 Å². The van der Waals surface area contributed by atoms with Crippen LogP contribution in [0.4, 0.5) is 0 Å². The molecule has 0 N–H and O–H groups in total. The van der Waals surface area contributed by atoms with Gasteiger partial charge in [0.25, 0.3) is 0 Å². The lowest BCUT2D eigenvalue weighted by Gasteiger charge is -2.10. The fraction of sp³-hybridized carbons (Fsp3) is 1.00. The van der Waals surface area contributed by atoms with E-state index in [9.17, 15) is 0 Å². The standard InChI is InChI=1S/C12H22OS3/c1-10(6-15-7-11-5-13-11)3-2-4-14-8-12-9-16-12/h10-12H,2-9H2,1H3. The first-order chi connectivity index (χ1) is 7.84. The Bertz CT molecular complexity index is 193. The van der Waals surface area contributed by atoms with Gasteiger partial charge in [0.15, 0.2) is 0 Å². The maximum Gasteiger partial charge on any atom is 0.0900 e. The molecule has 2 rings (SSSR count). The van der Waals surface area contributed by atoms with E-state index in [2.05, 4.69) is 42.2 Å². The summed E-state index contributed by atoms with van der Waals surface area (Å²) in [6, 6.07) is 0. The average Bonchev–Trinajstić information content (AvgIpc) is 3.12. The summed E-state index contributed by atoms with van der Waals surface area (Å²) in [5.74, 6) is 7.62. The highest BCUT2D eigenvalue weighted by Crippen LogP contribution is 2.33. The largest absolute Gasteiger partial charge is 0.372 e.